The highest BCUT2D eigenvalue weighted by molar-refractivity contribution is 7.90. The van der Waals surface area contributed by atoms with Gasteiger partial charge in [0.1, 0.15) is 0 Å². The van der Waals surface area contributed by atoms with Crippen LogP contribution in [0.25, 0.3) is 0 Å². The largest absolute Gasteiger partial charge is 0.454 e. The first-order valence-electron chi connectivity index (χ1n) is 6.02. The molecule has 7 heteroatoms. The first kappa shape index (κ1) is 14.5. The van der Waals surface area contributed by atoms with E-state index in [1.54, 1.807) is 24.3 Å². The molecule has 0 aliphatic carbocycles. The Morgan fingerprint density at radius 1 is 1.00 bits per heavy atom. The van der Waals surface area contributed by atoms with Gasteiger partial charge in [-0.15, -0.1) is 0 Å². The van der Waals surface area contributed by atoms with Crippen LogP contribution in [0.2, 0.25) is 10.0 Å². The maximum atomic E-state index is 12.5. The molecule has 0 radical (unpaired) electrons. The Morgan fingerprint density at radius 3 is 2.57 bits per heavy atom. The number of ether oxygens (including phenoxy) is 2. The number of hydrogen-bond donors (Lipinski definition) is 0. The van der Waals surface area contributed by atoms with E-state index < -0.39 is 9.84 Å². The van der Waals surface area contributed by atoms with Crippen molar-refractivity contribution in [3.63, 3.8) is 0 Å². The van der Waals surface area contributed by atoms with E-state index in [0.29, 0.717) is 22.1 Å². The highest BCUT2D eigenvalue weighted by Gasteiger charge is 2.21. The lowest BCUT2D eigenvalue weighted by Crippen LogP contribution is -2.05. The number of hydrogen-bond acceptors (Lipinski definition) is 4. The van der Waals surface area contributed by atoms with Gasteiger partial charge in [-0.2, -0.15) is 0 Å². The van der Waals surface area contributed by atoms with Crippen molar-refractivity contribution in [2.24, 2.45) is 0 Å². The van der Waals surface area contributed by atoms with Crippen LogP contribution in [-0.4, -0.2) is 15.2 Å². The SMILES string of the molecule is O=S(=O)(Cc1ccc2c(c1)OCO2)c1cc(Cl)ccc1Cl. The molecule has 1 aliphatic rings. The van der Waals surface area contributed by atoms with E-state index >= 15 is 0 Å². The predicted octanol–water partition coefficient (Wildman–Crippen LogP) is 3.70. The number of benzene rings is 2. The van der Waals surface area contributed by atoms with E-state index in [-0.39, 0.29) is 22.5 Å². The fourth-order valence-electron chi connectivity index (χ4n) is 2.04. The average molecular weight is 345 g/mol. The second-order valence-corrected chi connectivity index (χ2v) is 7.32. The van der Waals surface area contributed by atoms with Crippen LogP contribution in [0.15, 0.2) is 41.3 Å². The molecular weight excluding hydrogens is 335 g/mol. The minimum Gasteiger partial charge on any atom is -0.454 e. The standard InChI is InChI=1S/C14H10Cl2O4S/c15-10-2-3-11(16)14(6-10)21(17,18)7-9-1-4-12-13(5-9)20-8-19-12/h1-6H,7-8H2. The van der Waals surface area contributed by atoms with Gasteiger partial charge in [-0.1, -0.05) is 29.3 Å². The Hall–Kier alpha value is -1.43. The smallest absolute Gasteiger partial charge is 0.231 e. The van der Waals surface area contributed by atoms with Gasteiger partial charge in [-0.3, -0.25) is 0 Å². The van der Waals surface area contributed by atoms with E-state index in [4.69, 9.17) is 32.7 Å². The van der Waals surface area contributed by atoms with Gasteiger partial charge < -0.3 is 9.47 Å². The van der Waals surface area contributed by atoms with Crippen molar-refractivity contribution in [1.29, 1.82) is 0 Å². The monoisotopic (exact) mass is 344 g/mol. The molecule has 0 amide bonds. The summed E-state index contributed by atoms with van der Waals surface area (Å²) in [5.41, 5.74) is 0.593. The second kappa shape index (κ2) is 5.40. The molecule has 1 heterocycles. The molecule has 0 N–H and O–H groups in total. The fourth-order valence-corrected chi connectivity index (χ4v) is 4.20. The van der Waals surface area contributed by atoms with Crippen molar-refractivity contribution in [3.05, 3.63) is 52.0 Å². The van der Waals surface area contributed by atoms with Crippen LogP contribution in [0.3, 0.4) is 0 Å². The third-order valence-corrected chi connectivity index (χ3v) is 5.42. The summed E-state index contributed by atoms with van der Waals surface area (Å²) in [7, 11) is -3.60. The maximum absolute atomic E-state index is 12.5. The molecule has 0 atom stereocenters. The van der Waals surface area contributed by atoms with Gasteiger partial charge >= 0.3 is 0 Å². The minimum absolute atomic E-state index is 0.0225. The average Bonchev–Trinajstić information content (AvgIpc) is 2.88. The molecule has 110 valence electrons. The Bertz CT molecular complexity index is 803. The number of halogens is 2. The van der Waals surface area contributed by atoms with Gasteiger partial charge in [0, 0.05) is 5.02 Å². The first-order valence-corrected chi connectivity index (χ1v) is 8.43. The van der Waals surface area contributed by atoms with Crippen LogP contribution in [-0.2, 0) is 15.6 Å². The summed E-state index contributed by atoms with van der Waals surface area (Å²) in [6.45, 7) is 0.145. The van der Waals surface area contributed by atoms with E-state index in [2.05, 4.69) is 0 Å². The molecule has 0 saturated carbocycles. The second-order valence-electron chi connectivity index (χ2n) is 4.52. The summed E-state index contributed by atoms with van der Waals surface area (Å²) in [6.07, 6.45) is 0. The molecule has 0 bridgehead atoms. The van der Waals surface area contributed by atoms with Crippen LogP contribution < -0.4 is 9.47 Å². The lowest BCUT2D eigenvalue weighted by molar-refractivity contribution is 0.174. The zero-order valence-electron chi connectivity index (χ0n) is 10.7. The minimum atomic E-state index is -3.60. The summed E-state index contributed by atoms with van der Waals surface area (Å²) in [6, 6.07) is 9.39. The van der Waals surface area contributed by atoms with E-state index in [1.165, 1.54) is 12.1 Å². The molecule has 4 nitrogen and oxygen atoms in total. The van der Waals surface area contributed by atoms with Crippen molar-refractivity contribution in [3.8, 4) is 11.5 Å². The van der Waals surface area contributed by atoms with Crippen LogP contribution >= 0.6 is 23.2 Å². The van der Waals surface area contributed by atoms with Crippen LogP contribution in [0.5, 0.6) is 11.5 Å². The van der Waals surface area contributed by atoms with Crippen molar-refractivity contribution in [2.75, 3.05) is 6.79 Å². The Balaban J connectivity index is 1.94. The summed E-state index contributed by atoms with van der Waals surface area (Å²) in [4.78, 5) is 0.0225. The molecule has 0 fully saturated rings. The van der Waals surface area contributed by atoms with Crippen LogP contribution in [0.4, 0.5) is 0 Å². The van der Waals surface area contributed by atoms with Gasteiger partial charge in [0.15, 0.2) is 21.3 Å². The molecular formula is C14H10Cl2O4S. The molecule has 0 aromatic heterocycles. The summed E-state index contributed by atoms with van der Waals surface area (Å²) < 4.78 is 35.4. The van der Waals surface area contributed by atoms with Crippen molar-refractivity contribution < 1.29 is 17.9 Å². The molecule has 2 aromatic carbocycles. The number of fused-ring (bicyclic) bond motifs is 1. The van der Waals surface area contributed by atoms with Crippen LogP contribution in [0.1, 0.15) is 5.56 Å². The zero-order chi connectivity index (χ0) is 15.0. The van der Waals surface area contributed by atoms with Gasteiger partial charge in [0.05, 0.1) is 15.7 Å². The quantitative estimate of drug-likeness (QED) is 0.851. The third kappa shape index (κ3) is 2.95. The predicted molar refractivity (Wildman–Crippen MR) is 79.9 cm³/mol. The number of rotatable bonds is 3. The Morgan fingerprint density at radius 2 is 1.76 bits per heavy atom. The normalized spacial score (nSPS) is 13.4. The molecule has 2 aromatic rings. The lowest BCUT2D eigenvalue weighted by Gasteiger charge is -2.08. The zero-order valence-corrected chi connectivity index (χ0v) is 13.0. The van der Waals surface area contributed by atoms with Gasteiger partial charge in [0.25, 0.3) is 0 Å². The van der Waals surface area contributed by atoms with Crippen LogP contribution in [0, 0.1) is 0 Å². The lowest BCUT2D eigenvalue weighted by atomic mass is 10.2. The fraction of sp³-hybridized carbons (Fsp3) is 0.143. The van der Waals surface area contributed by atoms with Gasteiger partial charge in [-0.05, 0) is 35.9 Å². The number of sulfone groups is 1. The van der Waals surface area contributed by atoms with Crippen molar-refractivity contribution >= 4 is 33.0 Å². The van der Waals surface area contributed by atoms with Gasteiger partial charge in [-0.25, -0.2) is 8.42 Å². The Labute approximate surface area is 132 Å². The molecule has 21 heavy (non-hydrogen) atoms. The highest BCUT2D eigenvalue weighted by atomic mass is 35.5. The van der Waals surface area contributed by atoms with E-state index in [1.807, 2.05) is 0 Å². The first-order chi connectivity index (χ1) is 9.95. The summed E-state index contributed by atoms with van der Waals surface area (Å²) in [5.74, 6) is 0.959. The maximum Gasteiger partial charge on any atom is 0.231 e. The van der Waals surface area contributed by atoms with E-state index in [9.17, 15) is 8.42 Å². The molecule has 1 aliphatic heterocycles. The van der Waals surface area contributed by atoms with Crippen molar-refractivity contribution in [2.45, 2.75) is 10.6 Å². The van der Waals surface area contributed by atoms with Crippen molar-refractivity contribution in [1.82, 2.24) is 0 Å². The summed E-state index contributed by atoms with van der Waals surface area (Å²) in [5, 5.41) is 0.476. The molecule has 3 rings (SSSR count). The summed E-state index contributed by atoms with van der Waals surface area (Å²) >= 11 is 11.8. The molecule has 0 unspecified atom stereocenters. The topological polar surface area (TPSA) is 52.6 Å². The highest BCUT2D eigenvalue weighted by Crippen LogP contribution is 2.34. The van der Waals surface area contributed by atoms with Gasteiger partial charge in [0.2, 0.25) is 6.79 Å². The molecule has 0 saturated heterocycles. The van der Waals surface area contributed by atoms with E-state index in [0.717, 1.165) is 0 Å². The molecule has 0 spiro atoms. The Kier molecular flexibility index (Phi) is 3.73. The third-order valence-electron chi connectivity index (χ3n) is 3.02.